The minimum absolute atomic E-state index is 0.000872. The maximum Gasteiger partial charge on any atom is 0.270 e. The van der Waals surface area contributed by atoms with Gasteiger partial charge in [0, 0.05) is 37.1 Å². The molecule has 1 N–H and O–H groups in total. The minimum Gasteiger partial charge on any atom is -0.306 e. The molecule has 0 amide bonds. The van der Waals surface area contributed by atoms with Crippen molar-refractivity contribution >= 4 is 17.3 Å². The fourth-order valence-electron chi connectivity index (χ4n) is 1.81. The quantitative estimate of drug-likeness (QED) is 0.676. The van der Waals surface area contributed by atoms with Crippen LogP contribution >= 0.6 is 11.6 Å². The van der Waals surface area contributed by atoms with Gasteiger partial charge in [-0.25, -0.2) is 0 Å². The third kappa shape index (κ3) is 3.53. The summed E-state index contributed by atoms with van der Waals surface area (Å²) in [5.74, 6) is 0. The molecule has 1 unspecified atom stereocenters. The molecule has 0 saturated heterocycles. The van der Waals surface area contributed by atoms with Crippen LogP contribution in [0.4, 0.5) is 5.69 Å². The van der Waals surface area contributed by atoms with E-state index in [0.717, 1.165) is 11.1 Å². The summed E-state index contributed by atoms with van der Waals surface area (Å²) < 4.78 is 0. The fourth-order valence-corrected chi connectivity index (χ4v) is 2.05. The van der Waals surface area contributed by atoms with E-state index in [1.54, 1.807) is 18.5 Å². The molecule has 1 heterocycles. The Morgan fingerprint density at radius 3 is 2.85 bits per heavy atom. The molecule has 0 aliphatic heterocycles. The molecular formula is C14H14ClN3O2. The first kappa shape index (κ1) is 14.4. The maximum absolute atomic E-state index is 10.6. The third-order valence-corrected chi connectivity index (χ3v) is 3.38. The van der Waals surface area contributed by atoms with Gasteiger partial charge in [0.2, 0.25) is 0 Å². The van der Waals surface area contributed by atoms with E-state index in [2.05, 4.69) is 10.3 Å². The van der Waals surface area contributed by atoms with Gasteiger partial charge in [-0.15, -0.1) is 0 Å². The number of nitrogens with one attached hydrogen (secondary N) is 1. The average Bonchev–Trinajstić information content (AvgIpc) is 2.46. The van der Waals surface area contributed by atoms with Crippen LogP contribution in [-0.4, -0.2) is 9.91 Å². The van der Waals surface area contributed by atoms with Crippen LogP contribution in [0.1, 0.15) is 24.1 Å². The molecule has 1 atom stereocenters. The van der Waals surface area contributed by atoms with Gasteiger partial charge in [-0.1, -0.05) is 17.7 Å². The molecule has 20 heavy (non-hydrogen) atoms. The van der Waals surface area contributed by atoms with Gasteiger partial charge in [-0.05, 0) is 30.2 Å². The van der Waals surface area contributed by atoms with E-state index < -0.39 is 4.92 Å². The second-order valence-electron chi connectivity index (χ2n) is 4.42. The largest absolute Gasteiger partial charge is 0.306 e. The second kappa shape index (κ2) is 6.45. The van der Waals surface area contributed by atoms with Crippen LogP contribution in [0.2, 0.25) is 5.02 Å². The van der Waals surface area contributed by atoms with Crippen molar-refractivity contribution in [1.29, 1.82) is 0 Å². The van der Waals surface area contributed by atoms with E-state index >= 15 is 0 Å². The zero-order valence-corrected chi connectivity index (χ0v) is 11.7. The van der Waals surface area contributed by atoms with Crippen molar-refractivity contribution in [3.05, 3.63) is 69.0 Å². The molecule has 2 rings (SSSR count). The van der Waals surface area contributed by atoms with Crippen molar-refractivity contribution in [2.75, 3.05) is 0 Å². The SMILES string of the molecule is CC(NCc1ccc([N+](=O)[O-])cc1Cl)c1cccnc1. The van der Waals surface area contributed by atoms with Crippen molar-refractivity contribution < 1.29 is 4.92 Å². The van der Waals surface area contributed by atoms with Crippen molar-refractivity contribution in [2.24, 2.45) is 0 Å². The van der Waals surface area contributed by atoms with E-state index in [4.69, 9.17) is 11.6 Å². The highest BCUT2D eigenvalue weighted by atomic mass is 35.5. The Bertz CT molecular complexity index is 605. The molecule has 1 aromatic carbocycles. The lowest BCUT2D eigenvalue weighted by Gasteiger charge is -2.14. The molecule has 0 aliphatic rings. The zero-order chi connectivity index (χ0) is 14.5. The molecule has 0 radical (unpaired) electrons. The smallest absolute Gasteiger partial charge is 0.270 e. The van der Waals surface area contributed by atoms with Gasteiger partial charge >= 0.3 is 0 Å². The predicted molar refractivity (Wildman–Crippen MR) is 77.6 cm³/mol. The summed E-state index contributed by atoms with van der Waals surface area (Å²) in [6, 6.07) is 8.48. The molecule has 1 aromatic heterocycles. The number of non-ortho nitro benzene ring substituents is 1. The fraction of sp³-hybridized carbons (Fsp3) is 0.214. The predicted octanol–water partition coefficient (Wildman–Crippen LogP) is 3.49. The van der Waals surface area contributed by atoms with E-state index in [1.165, 1.54) is 12.1 Å². The summed E-state index contributed by atoms with van der Waals surface area (Å²) in [5.41, 5.74) is 1.90. The second-order valence-corrected chi connectivity index (χ2v) is 4.83. The van der Waals surface area contributed by atoms with Gasteiger partial charge in [0.05, 0.1) is 9.95 Å². The molecular weight excluding hydrogens is 278 g/mol. The average molecular weight is 292 g/mol. The van der Waals surface area contributed by atoms with Gasteiger partial charge in [0.1, 0.15) is 0 Å². The van der Waals surface area contributed by atoms with Crippen molar-refractivity contribution in [1.82, 2.24) is 10.3 Å². The highest BCUT2D eigenvalue weighted by molar-refractivity contribution is 6.31. The molecule has 2 aromatic rings. The monoisotopic (exact) mass is 291 g/mol. The summed E-state index contributed by atoms with van der Waals surface area (Å²) in [6.07, 6.45) is 3.53. The molecule has 0 spiro atoms. The molecule has 0 aliphatic carbocycles. The topological polar surface area (TPSA) is 68.1 Å². The first-order valence-electron chi connectivity index (χ1n) is 6.14. The summed E-state index contributed by atoms with van der Waals surface area (Å²) in [4.78, 5) is 14.3. The minimum atomic E-state index is -0.457. The van der Waals surface area contributed by atoms with Gasteiger partial charge in [0.25, 0.3) is 5.69 Å². The molecule has 0 bridgehead atoms. The van der Waals surface area contributed by atoms with Crippen molar-refractivity contribution in [3.63, 3.8) is 0 Å². The normalized spacial score (nSPS) is 12.1. The Balaban J connectivity index is 2.02. The highest BCUT2D eigenvalue weighted by Gasteiger charge is 2.10. The number of hydrogen-bond acceptors (Lipinski definition) is 4. The van der Waals surface area contributed by atoms with Crippen molar-refractivity contribution in [3.8, 4) is 0 Å². The Kier molecular flexibility index (Phi) is 4.65. The number of hydrogen-bond donors (Lipinski definition) is 1. The van der Waals surface area contributed by atoms with Crippen molar-refractivity contribution in [2.45, 2.75) is 19.5 Å². The number of pyridine rings is 1. The summed E-state index contributed by atoms with van der Waals surface area (Å²) in [6.45, 7) is 2.56. The van der Waals surface area contributed by atoms with E-state index in [1.807, 2.05) is 19.1 Å². The van der Waals surface area contributed by atoms with Crippen LogP contribution in [0.25, 0.3) is 0 Å². The van der Waals surface area contributed by atoms with Crippen LogP contribution in [0, 0.1) is 10.1 Å². The Morgan fingerprint density at radius 1 is 1.45 bits per heavy atom. The molecule has 104 valence electrons. The van der Waals surface area contributed by atoms with Gasteiger partial charge in [-0.3, -0.25) is 15.1 Å². The molecule has 5 nitrogen and oxygen atoms in total. The lowest BCUT2D eigenvalue weighted by molar-refractivity contribution is -0.384. The lowest BCUT2D eigenvalue weighted by atomic mass is 10.1. The van der Waals surface area contributed by atoms with E-state index in [-0.39, 0.29) is 11.7 Å². The molecule has 6 heteroatoms. The number of aromatic nitrogens is 1. The summed E-state index contributed by atoms with van der Waals surface area (Å²) in [5, 5.41) is 14.3. The van der Waals surface area contributed by atoms with Gasteiger partial charge < -0.3 is 5.32 Å². The number of nitrogens with zero attached hydrogens (tertiary/aromatic N) is 2. The van der Waals surface area contributed by atoms with Crippen LogP contribution in [0.15, 0.2) is 42.7 Å². The maximum atomic E-state index is 10.6. The number of halogens is 1. The van der Waals surface area contributed by atoms with Crippen LogP contribution in [0.5, 0.6) is 0 Å². The number of nitro benzene ring substituents is 1. The summed E-state index contributed by atoms with van der Waals surface area (Å²) >= 11 is 6.05. The Morgan fingerprint density at radius 2 is 2.25 bits per heavy atom. The lowest BCUT2D eigenvalue weighted by Crippen LogP contribution is -2.18. The highest BCUT2D eigenvalue weighted by Crippen LogP contribution is 2.23. The van der Waals surface area contributed by atoms with Gasteiger partial charge in [0.15, 0.2) is 0 Å². The van der Waals surface area contributed by atoms with E-state index in [0.29, 0.717) is 11.6 Å². The van der Waals surface area contributed by atoms with Gasteiger partial charge in [-0.2, -0.15) is 0 Å². The van der Waals surface area contributed by atoms with Crippen LogP contribution in [-0.2, 0) is 6.54 Å². The first-order chi connectivity index (χ1) is 9.58. The standard InChI is InChI=1S/C14H14ClN3O2/c1-10(11-3-2-6-16-8-11)17-9-12-4-5-13(18(19)20)7-14(12)15/h2-8,10,17H,9H2,1H3. The Hall–Kier alpha value is -1.98. The van der Waals surface area contributed by atoms with Crippen LogP contribution < -0.4 is 5.32 Å². The third-order valence-electron chi connectivity index (χ3n) is 3.03. The van der Waals surface area contributed by atoms with E-state index in [9.17, 15) is 10.1 Å². The number of rotatable bonds is 5. The molecule has 0 fully saturated rings. The number of nitro groups is 1. The Labute approximate surface area is 121 Å². The first-order valence-corrected chi connectivity index (χ1v) is 6.52. The zero-order valence-electron chi connectivity index (χ0n) is 10.9. The van der Waals surface area contributed by atoms with Crippen LogP contribution in [0.3, 0.4) is 0 Å². The molecule has 0 saturated carbocycles. The number of benzene rings is 1. The summed E-state index contributed by atoms with van der Waals surface area (Å²) in [7, 11) is 0.